The van der Waals surface area contributed by atoms with Crippen LogP contribution in [0.2, 0.25) is 0 Å². The van der Waals surface area contributed by atoms with E-state index >= 15 is 0 Å². The second-order valence-electron chi connectivity index (χ2n) is 9.98. The van der Waals surface area contributed by atoms with Crippen molar-refractivity contribution in [1.29, 1.82) is 0 Å². The Labute approximate surface area is 230 Å². The largest absolute Gasteiger partial charge is 0.496 e. The van der Waals surface area contributed by atoms with Gasteiger partial charge in [-0.25, -0.2) is 9.78 Å². The standard InChI is InChI=1S/C31H37N5O3/c1-38-28-20-24(22-35-17-13-26(14-18-35)32-15-12-23-6-4-3-5-7-23)8-9-25(28)21-34-27-10-11-29-33-16-19-36(29)30(27)31(37)39-2/h3-11,16,19-20,26,32,34H,12-15,17-18,21-22H2,1-2H3. The van der Waals surface area contributed by atoms with Gasteiger partial charge in [-0.05, 0) is 68.2 Å². The van der Waals surface area contributed by atoms with Crippen LogP contribution in [0.4, 0.5) is 5.69 Å². The first-order valence-electron chi connectivity index (χ1n) is 13.6. The van der Waals surface area contributed by atoms with Crippen LogP contribution in [0.25, 0.3) is 5.65 Å². The maximum absolute atomic E-state index is 12.5. The number of esters is 1. The molecule has 0 radical (unpaired) electrons. The normalized spacial score (nSPS) is 14.4. The predicted octanol–water partition coefficient (Wildman–Crippen LogP) is 4.54. The number of rotatable bonds is 11. The van der Waals surface area contributed by atoms with Crippen LogP contribution >= 0.6 is 0 Å². The summed E-state index contributed by atoms with van der Waals surface area (Å²) >= 11 is 0. The Hall–Kier alpha value is -3.88. The number of piperidine rings is 1. The molecule has 2 N–H and O–H groups in total. The quantitative estimate of drug-likeness (QED) is 0.277. The second-order valence-corrected chi connectivity index (χ2v) is 9.98. The lowest BCUT2D eigenvalue weighted by Gasteiger charge is -2.32. The van der Waals surface area contributed by atoms with Crippen molar-refractivity contribution in [3.8, 4) is 5.75 Å². The van der Waals surface area contributed by atoms with Gasteiger partial charge in [-0.15, -0.1) is 0 Å². The fourth-order valence-corrected chi connectivity index (χ4v) is 5.28. The molecule has 39 heavy (non-hydrogen) atoms. The number of fused-ring (bicyclic) bond motifs is 1. The van der Waals surface area contributed by atoms with E-state index in [0.29, 0.717) is 29.6 Å². The molecule has 204 valence electrons. The maximum atomic E-state index is 12.5. The number of hydrogen-bond donors (Lipinski definition) is 2. The van der Waals surface area contributed by atoms with E-state index in [1.165, 1.54) is 18.2 Å². The lowest BCUT2D eigenvalue weighted by atomic mass is 10.0. The second kappa shape index (κ2) is 12.8. The predicted molar refractivity (Wildman–Crippen MR) is 153 cm³/mol. The minimum Gasteiger partial charge on any atom is -0.496 e. The molecule has 1 saturated heterocycles. The summed E-state index contributed by atoms with van der Waals surface area (Å²) in [4.78, 5) is 19.3. The van der Waals surface area contributed by atoms with E-state index in [-0.39, 0.29) is 0 Å². The van der Waals surface area contributed by atoms with Crippen LogP contribution in [-0.4, -0.2) is 60.1 Å². The van der Waals surface area contributed by atoms with Gasteiger partial charge < -0.3 is 20.1 Å². The number of imidazole rings is 1. The van der Waals surface area contributed by atoms with Crippen molar-refractivity contribution in [3.05, 3.63) is 95.4 Å². The number of nitrogens with one attached hydrogen (secondary N) is 2. The number of carbonyl (C=O) groups is 1. The van der Waals surface area contributed by atoms with Gasteiger partial charge in [0.25, 0.3) is 0 Å². The molecule has 8 nitrogen and oxygen atoms in total. The fraction of sp³-hybridized carbons (Fsp3) is 0.355. The number of benzene rings is 2. The molecule has 0 aliphatic carbocycles. The number of pyridine rings is 1. The zero-order valence-electron chi connectivity index (χ0n) is 22.7. The molecule has 0 atom stereocenters. The highest BCUT2D eigenvalue weighted by Gasteiger charge is 2.20. The van der Waals surface area contributed by atoms with Gasteiger partial charge in [-0.3, -0.25) is 9.30 Å². The van der Waals surface area contributed by atoms with E-state index in [9.17, 15) is 4.79 Å². The van der Waals surface area contributed by atoms with E-state index in [1.54, 1.807) is 23.9 Å². The van der Waals surface area contributed by atoms with Crippen molar-refractivity contribution >= 4 is 17.3 Å². The number of carbonyl (C=O) groups excluding carboxylic acids is 1. The van der Waals surface area contributed by atoms with Gasteiger partial charge in [0.15, 0.2) is 5.69 Å². The first kappa shape index (κ1) is 26.7. The maximum Gasteiger partial charge on any atom is 0.357 e. The number of hydrogen-bond acceptors (Lipinski definition) is 7. The van der Waals surface area contributed by atoms with E-state index < -0.39 is 5.97 Å². The third-order valence-electron chi connectivity index (χ3n) is 7.45. The van der Waals surface area contributed by atoms with Crippen molar-refractivity contribution < 1.29 is 14.3 Å². The molecule has 8 heteroatoms. The fourth-order valence-electron chi connectivity index (χ4n) is 5.28. The number of anilines is 1. The number of likely N-dealkylation sites (tertiary alicyclic amines) is 1. The van der Waals surface area contributed by atoms with Crippen LogP contribution in [-0.2, 0) is 24.2 Å². The summed E-state index contributed by atoms with van der Waals surface area (Å²) in [6.07, 6.45) is 6.82. The zero-order chi connectivity index (χ0) is 27.0. The third-order valence-corrected chi connectivity index (χ3v) is 7.45. The Morgan fingerprint density at radius 2 is 1.85 bits per heavy atom. The van der Waals surface area contributed by atoms with Gasteiger partial charge in [-0.2, -0.15) is 0 Å². The van der Waals surface area contributed by atoms with Crippen molar-refractivity contribution in [1.82, 2.24) is 19.6 Å². The molecule has 0 spiro atoms. The van der Waals surface area contributed by atoms with Gasteiger partial charge in [0.05, 0.1) is 19.9 Å². The smallest absolute Gasteiger partial charge is 0.357 e. The molecular weight excluding hydrogens is 490 g/mol. The summed E-state index contributed by atoms with van der Waals surface area (Å²) in [5, 5.41) is 7.13. The molecule has 2 aromatic heterocycles. The number of ether oxygens (including phenoxy) is 2. The van der Waals surface area contributed by atoms with E-state index in [1.807, 2.05) is 12.1 Å². The van der Waals surface area contributed by atoms with Crippen molar-refractivity contribution in [2.24, 2.45) is 0 Å². The Bertz CT molecular complexity index is 1380. The minimum atomic E-state index is -0.418. The van der Waals surface area contributed by atoms with Crippen molar-refractivity contribution in [3.63, 3.8) is 0 Å². The lowest BCUT2D eigenvalue weighted by Crippen LogP contribution is -2.42. The van der Waals surface area contributed by atoms with Crippen LogP contribution in [0, 0.1) is 0 Å². The average Bonchev–Trinajstić information content (AvgIpc) is 3.46. The minimum absolute atomic E-state index is 0.418. The Kier molecular flexibility index (Phi) is 8.75. The number of nitrogens with zero attached hydrogens (tertiary/aromatic N) is 3. The van der Waals surface area contributed by atoms with Gasteiger partial charge in [0.1, 0.15) is 11.4 Å². The lowest BCUT2D eigenvalue weighted by molar-refractivity contribution is 0.0593. The van der Waals surface area contributed by atoms with Crippen LogP contribution < -0.4 is 15.4 Å². The van der Waals surface area contributed by atoms with E-state index in [2.05, 4.69) is 69.0 Å². The molecule has 0 amide bonds. The molecule has 3 heterocycles. The molecule has 0 bridgehead atoms. The van der Waals surface area contributed by atoms with Crippen LogP contribution in [0.15, 0.2) is 73.1 Å². The van der Waals surface area contributed by atoms with E-state index in [4.69, 9.17) is 9.47 Å². The van der Waals surface area contributed by atoms with Crippen molar-refractivity contribution in [2.75, 3.05) is 39.2 Å². The Morgan fingerprint density at radius 3 is 2.62 bits per heavy atom. The highest BCUT2D eigenvalue weighted by atomic mass is 16.5. The molecule has 1 aliphatic heterocycles. The summed E-state index contributed by atoms with van der Waals surface area (Å²) in [6.45, 7) is 4.61. The van der Waals surface area contributed by atoms with Gasteiger partial charge in [-0.1, -0.05) is 42.5 Å². The average molecular weight is 528 g/mol. The van der Waals surface area contributed by atoms with Gasteiger partial charge >= 0.3 is 5.97 Å². The molecule has 0 unspecified atom stereocenters. The van der Waals surface area contributed by atoms with Crippen molar-refractivity contribution in [2.45, 2.75) is 38.4 Å². The van der Waals surface area contributed by atoms with E-state index in [0.717, 1.165) is 56.8 Å². The number of methoxy groups -OCH3 is 2. The summed E-state index contributed by atoms with van der Waals surface area (Å²) < 4.78 is 12.5. The molecule has 0 saturated carbocycles. The molecule has 4 aromatic rings. The van der Waals surface area contributed by atoms with Crippen LogP contribution in [0.5, 0.6) is 5.75 Å². The summed E-state index contributed by atoms with van der Waals surface area (Å²) in [6, 6.07) is 21.4. The summed E-state index contributed by atoms with van der Waals surface area (Å²) in [5.41, 5.74) is 5.43. The third kappa shape index (κ3) is 6.58. The van der Waals surface area contributed by atoms with Gasteiger partial charge in [0.2, 0.25) is 0 Å². The highest BCUT2D eigenvalue weighted by Crippen LogP contribution is 2.25. The summed E-state index contributed by atoms with van der Waals surface area (Å²) in [5.74, 6) is 0.416. The zero-order valence-corrected chi connectivity index (χ0v) is 22.7. The van der Waals surface area contributed by atoms with Crippen LogP contribution in [0.1, 0.15) is 40.0 Å². The number of aromatic nitrogens is 2. The molecular formula is C31H37N5O3. The molecule has 1 aliphatic rings. The first-order chi connectivity index (χ1) is 19.1. The highest BCUT2D eigenvalue weighted by molar-refractivity contribution is 5.94. The summed E-state index contributed by atoms with van der Waals surface area (Å²) in [7, 11) is 3.08. The molecule has 1 fully saturated rings. The Morgan fingerprint density at radius 1 is 1.03 bits per heavy atom. The molecule has 2 aromatic carbocycles. The molecule has 5 rings (SSSR count). The monoisotopic (exact) mass is 527 g/mol. The van der Waals surface area contributed by atoms with Gasteiger partial charge in [0, 0.05) is 37.1 Å². The SMILES string of the molecule is COC(=O)c1c(NCc2ccc(CN3CCC(NCCc4ccccc4)CC3)cc2OC)ccc2nccn12. The van der Waals surface area contributed by atoms with Crippen LogP contribution in [0.3, 0.4) is 0 Å². The topological polar surface area (TPSA) is 80.1 Å². The first-order valence-corrected chi connectivity index (χ1v) is 13.6. The Balaban J connectivity index is 1.15.